The van der Waals surface area contributed by atoms with Crippen molar-refractivity contribution in [3.05, 3.63) is 29.8 Å². The Morgan fingerprint density at radius 2 is 1.72 bits per heavy atom. The number of phenols is 1. The Hall–Kier alpha value is -3.83. The van der Waals surface area contributed by atoms with Crippen molar-refractivity contribution in [2.24, 2.45) is 5.73 Å². The number of nitrogens with one attached hydrogen (secondary N) is 2. The number of carbonyl (C=O) groups excluding carboxylic acids is 5. The number of esters is 1. The van der Waals surface area contributed by atoms with Crippen LogP contribution >= 0.6 is 0 Å². The van der Waals surface area contributed by atoms with Gasteiger partial charge in [-0.15, -0.1) is 0 Å². The SMILES string of the molecule is CCOC(=O)CCNC(=O)C(c1cccc(O)c1)N(C(=O)C(CC(N)=O)NC(=O)OC(C)(C)C)C(C)(C)CC. The van der Waals surface area contributed by atoms with Crippen molar-refractivity contribution >= 4 is 29.8 Å². The van der Waals surface area contributed by atoms with Crippen molar-refractivity contribution in [3.8, 4) is 5.75 Å². The molecular weight excluding hydrogens is 508 g/mol. The minimum absolute atomic E-state index is 0.0670. The number of hydrogen-bond donors (Lipinski definition) is 4. The van der Waals surface area contributed by atoms with Crippen LogP contribution in [0.15, 0.2) is 24.3 Å². The fraction of sp³-hybridized carbons (Fsp3) is 0.593. The van der Waals surface area contributed by atoms with Crippen LogP contribution in [-0.2, 0) is 28.7 Å². The summed E-state index contributed by atoms with van der Waals surface area (Å²) in [5.41, 5.74) is 3.81. The Morgan fingerprint density at radius 3 is 2.23 bits per heavy atom. The third-order valence-corrected chi connectivity index (χ3v) is 5.78. The molecule has 0 fully saturated rings. The summed E-state index contributed by atoms with van der Waals surface area (Å²) in [6.07, 6.45) is -1.21. The van der Waals surface area contributed by atoms with E-state index in [4.69, 9.17) is 15.2 Å². The summed E-state index contributed by atoms with van der Waals surface area (Å²) in [6, 6.07) is 3.08. The number of nitrogens with zero attached hydrogens (tertiary/aromatic N) is 1. The molecule has 0 saturated heterocycles. The monoisotopic (exact) mass is 550 g/mol. The summed E-state index contributed by atoms with van der Waals surface area (Å²) in [4.78, 5) is 65.2. The van der Waals surface area contributed by atoms with E-state index in [0.717, 1.165) is 0 Å². The first-order valence-corrected chi connectivity index (χ1v) is 12.9. The first-order chi connectivity index (χ1) is 18.0. The van der Waals surface area contributed by atoms with Crippen LogP contribution in [0, 0.1) is 0 Å². The van der Waals surface area contributed by atoms with Crippen LogP contribution in [0.1, 0.15) is 79.3 Å². The minimum Gasteiger partial charge on any atom is -0.508 e. The molecule has 0 radical (unpaired) electrons. The normalized spacial score (nSPS) is 13.0. The maximum absolute atomic E-state index is 14.1. The number of ether oxygens (including phenoxy) is 2. The number of benzene rings is 1. The number of nitrogens with two attached hydrogens (primary N) is 1. The summed E-state index contributed by atoms with van der Waals surface area (Å²) in [6.45, 7) is 12.0. The third-order valence-electron chi connectivity index (χ3n) is 5.78. The van der Waals surface area contributed by atoms with Gasteiger partial charge in [0.15, 0.2) is 0 Å². The molecule has 12 nitrogen and oxygen atoms in total. The van der Waals surface area contributed by atoms with Gasteiger partial charge in [0, 0.05) is 12.1 Å². The molecule has 12 heteroatoms. The van der Waals surface area contributed by atoms with Crippen molar-refractivity contribution < 1.29 is 38.6 Å². The Kier molecular flexibility index (Phi) is 12.2. The second kappa shape index (κ2) is 14.4. The van der Waals surface area contributed by atoms with E-state index < -0.39 is 59.4 Å². The predicted molar refractivity (Wildman–Crippen MR) is 143 cm³/mol. The molecule has 0 aliphatic carbocycles. The van der Waals surface area contributed by atoms with E-state index in [-0.39, 0.29) is 30.9 Å². The molecule has 1 aromatic rings. The van der Waals surface area contributed by atoms with Gasteiger partial charge in [-0.1, -0.05) is 19.1 Å². The van der Waals surface area contributed by atoms with Crippen molar-refractivity contribution in [2.45, 2.75) is 91.0 Å². The zero-order chi connectivity index (χ0) is 30.0. The molecule has 0 aliphatic heterocycles. The van der Waals surface area contributed by atoms with Crippen LogP contribution < -0.4 is 16.4 Å². The average molecular weight is 551 g/mol. The van der Waals surface area contributed by atoms with E-state index in [9.17, 15) is 29.1 Å². The standard InChI is InChI=1S/C27H42N4O8/c1-8-27(6,7)31(24(36)19(16-20(28)33)30-25(37)39-26(3,4)5)22(17-11-10-12-18(32)15-17)23(35)29-14-13-21(34)38-9-2/h10-12,15,19,22,32H,8-9,13-14,16H2,1-7H3,(H2,28,33)(H,29,35)(H,30,37). The van der Waals surface area contributed by atoms with Crippen LogP contribution in [0.3, 0.4) is 0 Å². The number of carbonyl (C=O) groups is 5. The topological polar surface area (TPSA) is 177 Å². The smallest absolute Gasteiger partial charge is 0.408 e. The number of phenolic OH excluding ortho intramolecular Hbond substituents is 1. The first kappa shape index (κ1) is 33.2. The zero-order valence-corrected chi connectivity index (χ0v) is 23.8. The molecule has 0 bridgehead atoms. The molecular formula is C27H42N4O8. The molecule has 1 aromatic carbocycles. The van der Waals surface area contributed by atoms with Crippen LogP contribution in [0.4, 0.5) is 4.79 Å². The van der Waals surface area contributed by atoms with Crippen molar-refractivity contribution in [1.29, 1.82) is 0 Å². The lowest BCUT2D eigenvalue weighted by molar-refractivity contribution is -0.150. The average Bonchev–Trinajstić information content (AvgIpc) is 2.80. The second-order valence-electron chi connectivity index (χ2n) is 10.6. The molecule has 1 rings (SSSR count). The Labute approximate surface area is 229 Å². The predicted octanol–water partition coefficient (Wildman–Crippen LogP) is 2.29. The number of hydrogen-bond acceptors (Lipinski definition) is 8. The van der Waals surface area contributed by atoms with E-state index in [0.29, 0.717) is 6.42 Å². The highest BCUT2D eigenvalue weighted by Gasteiger charge is 2.43. The highest BCUT2D eigenvalue weighted by atomic mass is 16.6. The molecule has 4 amide bonds. The van der Waals surface area contributed by atoms with Gasteiger partial charge < -0.3 is 35.8 Å². The van der Waals surface area contributed by atoms with Gasteiger partial charge in [0.25, 0.3) is 0 Å². The van der Waals surface area contributed by atoms with E-state index in [1.54, 1.807) is 47.6 Å². The van der Waals surface area contributed by atoms with Gasteiger partial charge in [0.2, 0.25) is 17.7 Å². The van der Waals surface area contributed by atoms with Gasteiger partial charge in [-0.3, -0.25) is 19.2 Å². The highest BCUT2D eigenvalue weighted by Crippen LogP contribution is 2.33. The lowest BCUT2D eigenvalue weighted by Gasteiger charge is -2.44. The summed E-state index contributed by atoms with van der Waals surface area (Å²) in [5.74, 6) is -2.91. The Bertz CT molecular complexity index is 1030. The Balaban J connectivity index is 3.56. The van der Waals surface area contributed by atoms with Crippen LogP contribution in [0.25, 0.3) is 0 Å². The maximum Gasteiger partial charge on any atom is 0.408 e. The molecule has 2 atom stereocenters. The van der Waals surface area contributed by atoms with Gasteiger partial charge in [-0.25, -0.2) is 4.79 Å². The molecule has 218 valence electrons. The van der Waals surface area contributed by atoms with E-state index in [2.05, 4.69) is 10.6 Å². The summed E-state index contributed by atoms with van der Waals surface area (Å²) >= 11 is 0. The van der Waals surface area contributed by atoms with Crippen molar-refractivity contribution in [2.75, 3.05) is 13.2 Å². The first-order valence-electron chi connectivity index (χ1n) is 12.9. The third kappa shape index (κ3) is 10.8. The summed E-state index contributed by atoms with van der Waals surface area (Å²) in [7, 11) is 0. The molecule has 0 spiro atoms. The zero-order valence-electron chi connectivity index (χ0n) is 23.8. The summed E-state index contributed by atoms with van der Waals surface area (Å²) in [5, 5.41) is 15.2. The van der Waals surface area contributed by atoms with Crippen LogP contribution in [0.5, 0.6) is 5.75 Å². The van der Waals surface area contributed by atoms with E-state index in [1.807, 2.05) is 6.92 Å². The van der Waals surface area contributed by atoms with Gasteiger partial charge in [-0.05, 0) is 65.7 Å². The fourth-order valence-corrected chi connectivity index (χ4v) is 3.69. The number of aromatic hydroxyl groups is 1. The molecule has 0 saturated carbocycles. The number of alkyl carbamates (subject to hydrolysis) is 1. The van der Waals surface area contributed by atoms with Crippen molar-refractivity contribution in [1.82, 2.24) is 15.5 Å². The van der Waals surface area contributed by atoms with E-state index >= 15 is 0 Å². The van der Waals surface area contributed by atoms with Gasteiger partial charge in [0.05, 0.1) is 19.4 Å². The van der Waals surface area contributed by atoms with Crippen LogP contribution in [0.2, 0.25) is 0 Å². The quantitative estimate of drug-likeness (QED) is 0.270. The number of amides is 4. The van der Waals surface area contributed by atoms with Crippen molar-refractivity contribution in [3.63, 3.8) is 0 Å². The fourth-order valence-electron chi connectivity index (χ4n) is 3.69. The van der Waals surface area contributed by atoms with Gasteiger partial charge >= 0.3 is 12.1 Å². The molecule has 39 heavy (non-hydrogen) atoms. The molecule has 0 aliphatic rings. The highest BCUT2D eigenvalue weighted by molar-refractivity contribution is 5.95. The maximum atomic E-state index is 14.1. The molecule has 0 heterocycles. The molecule has 5 N–H and O–H groups in total. The largest absolute Gasteiger partial charge is 0.508 e. The molecule has 2 unspecified atom stereocenters. The van der Waals surface area contributed by atoms with Gasteiger partial charge in [-0.2, -0.15) is 0 Å². The number of rotatable bonds is 13. The van der Waals surface area contributed by atoms with Crippen LogP contribution in [-0.4, -0.2) is 70.1 Å². The summed E-state index contributed by atoms with van der Waals surface area (Å²) < 4.78 is 10.2. The lowest BCUT2D eigenvalue weighted by Crippen LogP contribution is -2.60. The van der Waals surface area contributed by atoms with E-state index in [1.165, 1.54) is 23.1 Å². The lowest BCUT2D eigenvalue weighted by atomic mass is 9.91. The molecule has 0 aromatic heterocycles. The number of primary amides is 1. The van der Waals surface area contributed by atoms with Gasteiger partial charge in [0.1, 0.15) is 23.4 Å². The minimum atomic E-state index is -1.45. The Morgan fingerprint density at radius 1 is 1.08 bits per heavy atom. The second-order valence-corrected chi connectivity index (χ2v) is 10.6.